The molecule has 1 amide bonds. The van der Waals surface area contributed by atoms with Crippen molar-refractivity contribution in [3.05, 3.63) is 65.3 Å². The molecule has 0 saturated carbocycles. The van der Waals surface area contributed by atoms with Crippen molar-refractivity contribution in [3.63, 3.8) is 0 Å². The summed E-state index contributed by atoms with van der Waals surface area (Å²) in [4.78, 5) is 12.0. The summed E-state index contributed by atoms with van der Waals surface area (Å²) in [6.07, 6.45) is 7.19. The average molecular weight is 385 g/mol. The van der Waals surface area contributed by atoms with Gasteiger partial charge in [-0.05, 0) is 42.0 Å². The Balaban J connectivity index is 1.48. The molecule has 28 heavy (non-hydrogen) atoms. The van der Waals surface area contributed by atoms with Crippen molar-refractivity contribution < 1.29 is 24.5 Å². The first kappa shape index (κ1) is 20.3. The van der Waals surface area contributed by atoms with E-state index in [9.17, 15) is 9.90 Å². The molecule has 0 bridgehead atoms. The standard InChI is InChI=1S/C22H27NO5/c1-15(24)27-12-6-7-16(25)13-23-22(26)28-14-21-19-10-4-2-8-17(19)18-9-3-5-11-20(18)21/h2,4-8,10-11,15-16,21,24-25H,3,9,12-14H2,1H3,(H,23,26)/b7-6+. The molecule has 2 aliphatic rings. The number of aliphatic hydroxyl groups is 2. The first-order valence-electron chi connectivity index (χ1n) is 9.60. The topological polar surface area (TPSA) is 88.0 Å². The summed E-state index contributed by atoms with van der Waals surface area (Å²) in [7, 11) is 0. The van der Waals surface area contributed by atoms with Gasteiger partial charge in [0.05, 0.1) is 19.3 Å². The Morgan fingerprint density at radius 2 is 2.18 bits per heavy atom. The molecule has 0 saturated heterocycles. The monoisotopic (exact) mass is 385 g/mol. The minimum Gasteiger partial charge on any atom is -0.449 e. The summed E-state index contributed by atoms with van der Waals surface area (Å²) >= 11 is 0. The number of benzene rings is 1. The van der Waals surface area contributed by atoms with Gasteiger partial charge in [-0.15, -0.1) is 0 Å². The number of rotatable bonds is 8. The number of hydrogen-bond acceptors (Lipinski definition) is 5. The number of ether oxygens (including phenoxy) is 2. The summed E-state index contributed by atoms with van der Waals surface area (Å²) < 4.78 is 10.3. The maximum Gasteiger partial charge on any atom is 0.407 e. The lowest BCUT2D eigenvalue weighted by Crippen LogP contribution is -2.32. The third-order valence-corrected chi connectivity index (χ3v) is 4.87. The Hall–Kier alpha value is -2.41. The van der Waals surface area contributed by atoms with E-state index in [1.54, 1.807) is 6.08 Å². The highest BCUT2D eigenvalue weighted by atomic mass is 16.6. The number of allylic oxidation sites excluding steroid dienone is 3. The Kier molecular flexibility index (Phi) is 7.03. The maximum absolute atomic E-state index is 12.0. The molecule has 3 rings (SSSR count). The van der Waals surface area contributed by atoms with Crippen molar-refractivity contribution >= 4 is 11.7 Å². The van der Waals surface area contributed by atoms with E-state index in [0.29, 0.717) is 0 Å². The lowest BCUT2D eigenvalue weighted by Gasteiger charge is -2.17. The highest BCUT2D eigenvalue weighted by Gasteiger charge is 2.31. The number of carbonyl (C=O) groups is 1. The fraction of sp³-hybridized carbons (Fsp3) is 0.409. The van der Waals surface area contributed by atoms with Crippen LogP contribution in [0, 0.1) is 0 Å². The van der Waals surface area contributed by atoms with E-state index in [4.69, 9.17) is 14.6 Å². The van der Waals surface area contributed by atoms with Crippen molar-refractivity contribution in [1.82, 2.24) is 5.32 Å². The molecule has 0 fully saturated rings. The molecule has 1 aromatic carbocycles. The van der Waals surface area contributed by atoms with Crippen LogP contribution in [0.4, 0.5) is 4.79 Å². The molecule has 3 unspecified atom stereocenters. The van der Waals surface area contributed by atoms with Gasteiger partial charge >= 0.3 is 6.09 Å². The number of nitrogens with one attached hydrogen (secondary N) is 1. The van der Waals surface area contributed by atoms with Crippen molar-refractivity contribution in [2.24, 2.45) is 0 Å². The van der Waals surface area contributed by atoms with Gasteiger partial charge in [-0.1, -0.05) is 48.6 Å². The SMILES string of the molecule is CC(O)OC/C=C/C(O)CNC(=O)OCC1C2=C(CCC=C2)c2ccccc21. The predicted molar refractivity (Wildman–Crippen MR) is 107 cm³/mol. The molecule has 0 aromatic heterocycles. The summed E-state index contributed by atoms with van der Waals surface area (Å²) in [5.74, 6) is 0.0518. The molecule has 6 heteroatoms. The normalized spacial score (nSPS) is 20.0. The Morgan fingerprint density at radius 3 is 3.00 bits per heavy atom. The summed E-state index contributed by atoms with van der Waals surface area (Å²) in [5.41, 5.74) is 5.05. The van der Waals surface area contributed by atoms with E-state index >= 15 is 0 Å². The number of hydrogen-bond donors (Lipinski definition) is 3. The largest absolute Gasteiger partial charge is 0.449 e. The minimum atomic E-state index is -0.856. The van der Waals surface area contributed by atoms with Crippen LogP contribution in [0.3, 0.4) is 0 Å². The number of aliphatic hydroxyl groups excluding tert-OH is 2. The van der Waals surface area contributed by atoms with Gasteiger partial charge in [0.1, 0.15) is 6.61 Å². The molecule has 3 N–H and O–H groups in total. The Labute approximate surface area is 165 Å². The molecule has 1 aromatic rings. The van der Waals surface area contributed by atoms with Crippen LogP contribution in [-0.4, -0.2) is 48.5 Å². The maximum atomic E-state index is 12.0. The van der Waals surface area contributed by atoms with Crippen molar-refractivity contribution in [3.8, 4) is 0 Å². The van der Waals surface area contributed by atoms with Crippen LogP contribution in [0.25, 0.3) is 5.57 Å². The predicted octanol–water partition coefficient (Wildman–Crippen LogP) is 2.89. The quantitative estimate of drug-likeness (QED) is 0.473. The van der Waals surface area contributed by atoms with Crippen molar-refractivity contribution in [1.29, 1.82) is 0 Å². The zero-order chi connectivity index (χ0) is 19.9. The van der Waals surface area contributed by atoms with Crippen molar-refractivity contribution in [2.45, 2.75) is 38.1 Å². The van der Waals surface area contributed by atoms with Gasteiger partial charge in [0.2, 0.25) is 0 Å². The molecular formula is C22H27NO5. The number of fused-ring (bicyclic) bond motifs is 2. The highest BCUT2D eigenvalue weighted by Crippen LogP contribution is 2.46. The fourth-order valence-corrected chi connectivity index (χ4v) is 3.60. The third kappa shape index (κ3) is 5.10. The second-order valence-electron chi connectivity index (χ2n) is 6.92. The van der Waals surface area contributed by atoms with Crippen LogP contribution in [0.15, 0.2) is 54.1 Å². The second-order valence-corrected chi connectivity index (χ2v) is 6.92. The Morgan fingerprint density at radius 1 is 1.36 bits per heavy atom. The van der Waals surface area contributed by atoms with E-state index in [-0.39, 0.29) is 25.7 Å². The van der Waals surface area contributed by atoms with Gasteiger partial charge in [0, 0.05) is 5.92 Å². The van der Waals surface area contributed by atoms with E-state index in [2.05, 4.69) is 29.6 Å². The van der Waals surface area contributed by atoms with E-state index in [1.807, 2.05) is 12.1 Å². The number of carbonyl (C=O) groups excluding carboxylic acids is 1. The van der Waals surface area contributed by atoms with Gasteiger partial charge < -0.3 is 25.0 Å². The van der Waals surface area contributed by atoms with E-state index in [1.165, 1.54) is 35.3 Å². The first-order valence-corrected chi connectivity index (χ1v) is 9.60. The molecular weight excluding hydrogens is 358 g/mol. The first-order chi connectivity index (χ1) is 13.6. The van der Waals surface area contributed by atoms with E-state index in [0.717, 1.165) is 12.8 Å². The fourth-order valence-electron chi connectivity index (χ4n) is 3.60. The molecule has 2 aliphatic carbocycles. The average Bonchev–Trinajstić information content (AvgIpc) is 3.02. The molecule has 0 spiro atoms. The smallest absolute Gasteiger partial charge is 0.407 e. The minimum absolute atomic E-state index is 0.0408. The molecule has 3 atom stereocenters. The second kappa shape index (κ2) is 9.68. The number of amides is 1. The van der Waals surface area contributed by atoms with Crippen LogP contribution in [0.2, 0.25) is 0 Å². The molecule has 0 heterocycles. The van der Waals surface area contributed by atoms with Gasteiger partial charge in [-0.2, -0.15) is 0 Å². The van der Waals surface area contributed by atoms with Crippen molar-refractivity contribution in [2.75, 3.05) is 19.8 Å². The summed E-state index contributed by atoms with van der Waals surface area (Å²) in [6, 6.07) is 8.28. The van der Waals surface area contributed by atoms with Gasteiger partial charge in [0.25, 0.3) is 0 Å². The van der Waals surface area contributed by atoms with Crippen LogP contribution >= 0.6 is 0 Å². The number of alkyl carbamates (subject to hydrolysis) is 1. The zero-order valence-corrected chi connectivity index (χ0v) is 16.0. The Bertz CT molecular complexity index is 781. The van der Waals surface area contributed by atoms with E-state index < -0.39 is 18.5 Å². The molecule has 0 aliphatic heterocycles. The van der Waals surface area contributed by atoms with Gasteiger partial charge in [-0.3, -0.25) is 0 Å². The molecule has 6 nitrogen and oxygen atoms in total. The van der Waals surface area contributed by atoms with Crippen LogP contribution in [0.1, 0.15) is 36.8 Å². The molecule has 150 valence electrons. The third-order valence-electron chi connectivity index (χ3n) is 4.87. The van der Waals surface area contributed by atoms with Gasteiger partial charge in [0.15, 0.2) is 6.29 Å². The van der Waals surface area contributed by atoms with Crippen LogP contribution < -0.4 is 5.32 Å². The summed E-state index contributed by atoms with van der Waals surface area (Å²) in [5, 5.41) is 21.4. The lowest BCUT2D eigenvalue weighted by molar-refractivity contribution is -0.0741. The zero-order valence-electron chi connectivity index (χ0n) is 16.0. The van der Waals surface area contributed by atoms with Crippen LogP contribution in [0.5, 0.6) is 0 Å². The lowest BCUT2D eigenvalue weighted by atomic mass is 9.93. The van der Waals surface area contributed by atoms with Crippen LogP contribution in [-0.2, 0) is 9.47 Å². The highest BCUT2D eigenvalue weighted by molar-refractivity contribution is 5.81. The summed E-state index contributed by atoms with van der Waals surface area (Å²) in [6.45, 7) is 2.00. The van der Waals surface area contributed by atoms with Gasteiger partial charge in [-0.25, -0.2) is 4.79 Å². The molecule has 0 radical (unpaired) electrons.